The third-order valence-electron chi connectivity index (χ3n) is 2.79. The second kappa shape index (κ2) is 6.08. The number of hydrogen-bond donors (Lipinski definition) is 1. The topological polar surface area (TPSA) is 64.6 Å². The highest BCUT2D eigenvalue weighted by atomic mass is 32.2. The first-order chi connectivity index (χ1) is 9.04. The van der Waals surface area contributed by atoms with Crippen LogP contribution in [-0.2, 0) is 19.5 Å². The van der Waals surface area contributed by atoms with Crippen molar-refractivity contribution in [1.29, 1.82) is 0 Å². The maximum atomic E-state index is 11.4. The quantitative estimate of drug-likeness (QED) is 0.837. The minimum Gasteiger partial charge on any atom is -0.466 e. The SMILES string of the molecule is CS(=O)(=O)NC(CC1=CC=CCC1)C1=COC=CO1. The summed E-state index contributed by atoms with van der Waals surface area (Å²) in [5.74, 6) is 0.461. The van der Waals surface area contributed by atoms with Gasteiger partial charge in [-0.25, -0.2) is 13.1 Å². The Bertz CT molecular complexity index is 543. The van der Waals surface area contributed by atoms with Crippen LogP contribution in [0.2, 0.25) is 0 Å². The fourth-order valence-electron chi connectivity index (χ4n) is 1.98. The summed E-state index contributed by atoms with van der Waals surface area (Å²) in [5, 5.41) is 0. The number of allylic oxidation sites excluding steroid dienone is 3. The van der Waals surface area contributed by atoms with E-state index in [0.29, 0.717) is 12.2 Å². The molecular weight excluding hydrogens is 266 g/mol. The molecule has 0 bridgehead atoms. The van der Waals surface area contributed by atoms with Gasteiger partial charge in [-0.1, -0.05) is 23.8 Å². The van der Waals surface area contributed by atoms with Crippen LogP contribution in [0, 0.1) is 0 Å². The number of nitrogens with one attached hydrogen (secondary N) is 1. The van der Waals surface area contributed by atoms with Gasteiger partial charge in [-0.05, 0) is 19.3 Å². The smallest absolute Gasteiger partial charge is 0.209 e. The Morgan fingerprint density at radius 1 is 1.42 bits per heavy atom. The maximum absolute atomic E-state index is 11.4. The van der Waals surface area contributed by atoms with E-state index < -0.39 is 16.1 Å². The highest BCUT2D eigenvalue weighted by Gasteiger charge is 2.23. The fraction of sp³-hybridized carbons (Fsp3) is 0.385. The highest BCUT2D eigenvalue weighted by Crippen LogP contribution is 2.22. The van der Waals surface area contributed by atoms with Crippen molar-refractivity contribution in [1.82, 2.24) is 4.72 Å². The van der Waals surface area contributed by atoms with E-state index in [9.17, 15) is 8.42 Å². The van der Waals surface area contributed by atoms with Crippen LogP contribution in [0.3, 0.4) is 0 Å². The summed E-state index contributed by atoms with van der Waals surface area (Å²) in [5.41, 5.74) is 1.18. The molecule has 1 aliphatic heterocycles. The molecule has 2 rings (SSSR count). The van der Waals surface area contributed by atoms with E-state index in [1.165, 1.54) is 24.4 Å². The van der Waals surface area contributed by atoms with Crippen molar-refractivity contribution in [2.75, 3.05) is 6.26 Å². The van der Waals surface area contributed by atoms with Gasteiger partial charge in [-0.3, -0.25) is 0 Å². The van der Waals surface area contributed by atoms with Gasteiger partial charge >= 0.3 is 0 Å². The van der Waals surface area contributed by atoms with Crippen molar-refractivity contribution in [2.45, 2.75) is 25.3 Å². The van der Waals surface area contributed by atoms with E-state index in [0.717, 1.165) is 19.1 Å². The molecule has 0 saturated carbocycles. The van der Waals surface area contributed by atoms with Crippen molar-refractivity contribution in [3.05, 3.63) is 48.3 Å². The van der Waals surface area contributed by atoms with E-state index in [-0.39, 0.29) is 0 Å². The molecule has 0 saturated heterocycles. The van der Waals surface area contributed by atoms with E-state index in [1.54, 1.807) is 0 Å². The van der Waals surface area contributed by atoms with Gasteiger partial charge in [0.25, 0.3) is 0 Å². The Morgan fingerprint density at radius 3 is 2.84 bits per heavy atom. The van der Waals surface area contributed by atoms with Crippen LogP contribution in [-0.4, -0.2) is 20.7 Å². The zero-order chi connectivity index (χ0) is 13.7. The lowest BCUT2D eigenvalue weighted by molar-refractivity contribution is 0.232. The molecule has 1 N–H and O–H groups in total. The molecule has 6 heteroatoms. The first kappa shape index (κ1) is 13.9. The molecule has 0 fully saturated rings. The van der Waals surface area contributed by atoms with Gasteiger partial charge in [0.15, 0.2) is 5.76 Å². The van der Waals surface area contributed by atoms with Crippen molar-refractivity contribution in [3.8, 4) is 0 Å². The lowest BCUT2D eigenvalue weighted by Crippen LogP contribution is -2.36. The van der Waals surface area contributed by atoms with Crippen molar-refractivity contribution < 1.29 is 17.9 Å². The Balaban J connectivity index is 2.11. The number of rotatable bonds is 5. The third kappa shape index (κ3) is 4.57. The summed E-state index contributed by atoms with van der Waals surface area (Å²) < 4.78 is 35.8. The number of sulfonamides is 1. The Morgan fingerprint density at radius 2 is 2.26 bits per heavy atom. The number of ether oxygens (including phenoxy) is 2. The Labute approximate surface area is 113 Å². The second-order valence-corrected chi connectivity index (χ2v) is 6.26. The molecule has 0 radical (unpaired) electrons. The van der Waals surface area contributed by atoms with Gasteiger partial charge in [0.05, 0.1) is 12.3 Å². The van der Waals surface area contributed by atoms with Crippen molar-refractivity contribution in [3.63, 3.8) is 0 Å². The Kier molecular flexibility index (Phi) is 4.44. The number of hydrogen-bond acceptors (Lipinski definition) is 4. The summed E-state index contributed by atoms with van der Waals surface area (Å²) in [6.07, 6.45) is 13.9. The zero-order valence-corrected chi connectivity index (χ0v) is 11.5. The van der Waals surface area contributed by atoms with Crippen LogP contribution in [0.15, 0.2) is 48.3 Å². The summed E-state index contributed by atoms with van der Waals surface area (Å²) in [6, 6.07) is -0.447. The lowest BCUT2D eigenvalue weighted by Gasteiger charge is -2.22. The molecule has 1 aliphatic carbocycles. The average molecular weight is 283 g/mol. The van der Waals surface area contributed by atoms with Crippen molar-refractivity contribution in [2.24, 2.45) is 0 Å². The van der Waals surface area contributed by atoms with Crippen LogP contribution >= 0.6 is 0 Å². The van der Waals surface area contributed by atoms with Gasteiger partial charge in [-0.2, -0.15) is 0 Å². The molecule has 19 heavy (non-hydrogen) atoms. The van der Waals surface area contributed by atoms with E-state index in [1.807, 2.05) is 12.2 Å². The fourth-order valence-corrected chi connectivity index (χ4v) is 2.70. The summed E-state index contributed by atoms with van der Waals surface area (Å²) in [7, 11) is -3.32. The van der Waals surface area contributed by atoms with Crippen molar-refractivity contribution >= 4 is 10.0 Å². The van der Waals surface area contributed by atoms with Gasteiger partial charge < -0.3 is 9.47 Å². The minimum absolute atomic E-state index is 0.447. The molecule has 1 atom stereocenters. The van der Waals surface area contributed by atoms with Crippen LogP contribution in [0.25, 0.3) is 0 Å². The molecular formula is C13H17NO4S. The minimum atomic E-state index is -3.32. The molecule has 0 aromatic rings. The van der Waals surface area contributed by atoms with Crippen LogP contribution in [0.1, 0.15) is 19.3 Å². The van der Waals surface area contributed by atoms with Crippen LogP contribution < -0.4 is 4.72 Å². The van der Waals surface area contributed by atoms with E-state index in [4.69, 9.17) is 9.47 Å². The van der Waals surface area contributed by atoms with Gasteiger partial charge in [0, 0.05) is 0 Å². The molecule has 0 aromatic heterocycles. The largest absolute Gasteiger partial charge is 0.466 e. The lowest BCUT2D eigenvalue weighted by atomic mass is 9.98. The molecule has 1 heterocycles. The molecule has 0 amide bonds. The monoisotopic (exact) mass is 283 g/mol. The molecule has 104 valence electrons. The summed E-state index contributed by atoms with van der Waals surface area (Å²) in [4.78, 5) is 0. The van der Waals surface area contributed by atoms with Crippen LogP contribution in [0.4, 0.5) is 0 Å². The molecule has 0 spiro atoms. The van der Waals surface area contributed by atoms with Crippen LogP contribution in [0.5, 0.6) is 0 Å². The highest BCUT2D eigenvalue weighted by molar-refractivity contribution is 7.88. The van der Waals surface area contributed by atoms with E-state index in [2.05, 4.69) is 10.8 Å². The van der Waals surface area contributed by atoms with E-state index >= 15 is 0 Å². The zero-order valence-electron chi connectivity index (χ0n) is 10.7. The second-order valence-electron chi connectivity index (χ2n) is 4.48. The molecule has 2 aliphatic rings. The predicted molar refractivity (Wildman–Crippen MR) is 72.2 cm³/mol. The first-order valence-corrected chi connectivity index (χ1v) is 7.93. The van der Waals surface area contributed by atoms with Gasteiger partial charge in [-0.15, -0.1) is 0 Å². The first-order valence-electron chi connectivity index (χ1n) is 6.04. The predicted octanol–water partition coefficient (Wildman–Crippen LogP) is 1.93. The Hall–Kier alpha value is -1.53. The van der Waals surface area contributed by atoms with Gasteiger partial charge in [0.1, 0.15) is 18.8 Å². The third-order valence-corrected chi connectivity index (χ3v) is 3.50. The maximum Gasteiger partial charge on any atom is 0.209 e. The normalized spacial score (nSPS) is 20.1. The average Bonchev–Trinajstić information content (AvgIpc) is 2.39. The molecule has 0 aromatic carbocycles. The van der Waals surface area contributed by atoms with Gasteiger partial charge in [0.2, 0.25) is 10.0 Å². The summed E-state index contributed by atoms with van der Waals surface area (Å²) in [6.45, 7) is 0. The summed E-state index contributed by atoms with van der Waals surface area (Å²) >= 11 is 0. The molecule has 1 unspecified atom stereocenters. The molecule has 5 nitrogen and oxygen atoms in total. The standard InChI is InChI=1S/C13H17NO4S/c1-19(15,16)14-12(13-10-17-7-8-18-13)9-11-5-3-2-4-6-11/h2-3,5,7-8,10,12,14H,4,6,9H2,1H3.